The molecule has 0 atom stereocenters. The number of halogens is 2. The van der Waals surface area contributed by atoms with Crippen molar-refractivity contribution in [3.05, 3.63) is 87.6 Å². The number of hydrogen-bond acceptors (Lipinski definition) is 2. The second-order valence-electron chi connectivity index (χ2n) is 6.15. The minimum absolute atomic E-state index is 0.0416. The van der Waals surface area contributed by atoms with E-state index >= 15 is 0 Å². The lowest BCUT2D eigenvalue weighted by atomic mass is 10.1. The molecule has 1 N–H and O–H groups in total. The minimum atomic E-state index is -0.0416. The predicted octanol–water partition coefficient (Wildman–Crippen LogP) is 5.71. The Morgan fingerprint density at radius 3 is 2.63 bits per heavy atom. The molecule has 2 heterocycles. The molecule has 4 aromatic rings. The molecule has 0 aliphatic carbocycles. The van der Waals surface area contributed by atoms with E-state index in [0.29, 0.717) is 6.42 Å². The normalized spacial score (nSPS) is 10.9. The average molecular weight is 485 g/mol. The Morgan fingerprint density at radius 1 is 1.00 bits per heavy atom. The van der Waals surface area contributed by atoms with Crippen molar-refractivity contribution in [1.82, 2.24) is 9.38 Å². The Kier molecular flexibility index (Phi) is 5.09. The van der Waals surface area contributed by atoms with Crippen LogP contribution in [0.15, 0.2) is 82.0 Å². The van der Waals surface area contributed by atoms with Gasteiger partial charge in [0.05, 0.1) is 16.6 Å². The van der Waals surface area contributed by atoms with Crippen LogP contribution in [-0.2, 0) is 11.2 Å². The summed E-state index contributed by atoms with van der Waals surface area (Å²) in [6.07, 6.45) is 4.28. The maximum atomic E-state index is 12.3. The van der Waals surface area contributed by atoms with Crippen LogP contribution < -0.4 is 5.32 Å². The Morgan fingerprint density at radius 2 is 1.81 bits per heavy atom. The van der Waals surface area contributed by atoms with Gasteiger partial charge in [0.15, 0.2) is 5.65 Å². The summed E-state index contributed by atoms with van der Waals surface area (Å²) < 4.78 is 3.84. The Bertz CT molecular complexity index is 1120. The van der Waals surface area contributed by atoms with Gasteiger partial charge in [-0.15, -0.1) is 0 Å². The number of carbonyl (C=O) groups is 1. The molecule has 0 aliphatic rings. The summed E-state index contributed by atoms with van der Waals surface area (Å²) in [6, 6.07) is 19.4. The summed E-state index contributed by atoms with van der Waals surface area (Å²) in [5, 5.41) is 2.96. The number of anilines is 1. The van der Waals surface area contributed by atoms with E-state index in [9.17, 15) is 4.79 Å². The van der Waals surface area contributed by atoms with Gasteiger partial charge >= 0.3 is 0 Å². The lowest BCUT2D eigenvalue weighted by Gasteiger charge is -2.06. The van der Waals surface area contributed by atoms with Gasteiger partial charge in [0, 0.05) is 28.1 Å². The number of imidazole rings is 1. The third kappa shape index (κ3) is 4.12. The molecule has 0 unspecified atom stereocenters. The molecule has 0 fully saturated rings. The maximum Gasteiger partial charge on any atom is 0.228 e. The number of amides is 1. The van der Waals surface area contributed by atoms with Crippen molar-refractivity contribution in [2.45, 2.75) is 6.42 Å². The number of fused-ring (bicyclic) bond motifs is 1. The van der Waals surface area contributed by atoms with Crippen LogP contribution in [0.2, 0.25) is 0 Å². The molecule has 0 spiro atoms. The molecule has 0 aliphatic heterocycles. The van der Waals surface area contributed by atoms with Gasteiger partial charge in [-0.3, -0.25) is 4.79 Å². The van der Waals surface area contributed by atoms with Crippen LogP contribution in [0, 0.1) is 0 Å². The third-order valence-electron chi connectivity index (χ3n) is 4.12. The van der Waals surface area contributed by atoms with Crippen LogP contribution in [-0.4, -0.2) is 15.3 Å². The highest BCUT2D eigenvalue weighted by Gasteiger charge is 2.10. The van der Waals surface area contributed by atoms with Crippen molar-refractivity contribution < 1.29 is 4.79 Å². The second-order valence-corrected chi connectivity index (χ2v) is 7.92. The summed E-state index contributed by atoms with van der Waals surface area (Å²) in [5.41, 5.74) is 4.37. The number of benzene rings is 2. The fourth-order valence-corrected chi connectivity index (χ4v) is 4.20. The van der Waals surface area contributed by atoms with E-state index in [1.165, 1.54) is 0 Å². The number of aromatic nitrogens is 2. The first-order valence-electron chi connectivity index (χ1n) is 8.36. The maximum absolute atomic E-state index is 12.3. The van der Waals surface area contributed by atoms with Crippen LogP contribution in [0.25, 0.3) is 16.9 Å². The van der Waals surface area contributed by atoms with E-state index < -0.39 is 0 Å². The Hall–Kier alpha value is -2.44. The number of nitrogens with zero attached hydrogens (tertiary/aromatic N) is 2. The van der Waals surface area contributed by atoms with Gasteiger partial charge in [-0.1, -0.05) is 42.5 Å². The van der Waals surface area contributed by atoms with Crippen LogP contribution in [0.3, 0.4) is 0 Å². The van der Waals surface area contributed by atoms with Crippen molar-refractivity contribution in [3.8, 4) is 11.3 Å². The van der Waals surface area contributed by atoms with Gasteiger partial charge in [0.2, 0.25) is 5.91 Å². The molecule has 0 radical (unpaired) electrons. The molecule has 0 saturated carbocycles. The molecule has 4 nitrogen and oxygen atoms in total. The van der Waals surface area contributed by atoms with Gasteiger partial charge in [0.1, 0.15) is 0 Å². The van der Waals surface area contributed by atoms with Crippen LogP contribution in [0.1, 0.15) is 5.56 Å². The minimum Gasteiger partial charge on any atom is -0.326 e. The number of pyridine rings is 1. The van der Waals surface area contributed by atoms with Gasteiger partial charge in [-0.2, -0.15) is 0 Å². The van der Waals surface area contributed by atoms with E-state index in [0.717, 1.165) is 37.1 Å². The first kappa shape index (κ1) is 17.9. The molecule has 0 bridgehead atoms. The van der Waals surface area contributed by atoms with E-state index in [1.54, 1.807) is 0 Å². The average Bonchev–Trinajstić information content (AvgIpc) is 3.07. The lowest BCUT2D eigenvalue weighted by molar-refractivity contribution is -0.115. The fraction of sp³-hybridized carbons (Fsp3) is 0.0476. The summed E-state index contributed by atoms with van der Waals surface area (Å²) in [5.74, 6) is -0.0416. The SMILES string of the molecule is O=C(Cc1ccccc1)Nc1cccc(-c2cn3cc(Br)cc(Br)c3n2)c1. The smallest absolute Gasteiger partial charge is 0.228 e. The Labute approximate surface area is 173 Å². The van der Waals surface area contributed by atoms with Crippen molar-refractivity contribution in [2.24, 2.45) is 0 Å². The number of hydrogen-bond donors (Lipinski definition) is 1. The molecule has 0 saturated heterocycles. The van der Waals surface area contributed by atoms with Crippen molar-refractivity contribution >= 4 is 49.1 Å². The Balaban J connectivity index is 1.57. The zero-order valence-corrected chi connectivity index (χ0v) is 17.4. The molecule has 4 rings (SSSR count). The first-order valence-corrected chi connectivity index (χ1v) is 9.95. The van der Waals surface area contributed by atoms with Gasteiger partial charge < -0.3 is 9.72 Å². The number of rotatable bonds is 4. The summed E-state index contributed by atoms with van der Waals surface area (Å²) in [6.45, 7) is 0. The molecule has 134 valence electrons. The van der Waals surface area contributed by atoms with Crippen LogP contribution in [0.4, 0.5) is 5.69 Å². The van der Waals surface area contributed by atoms with E-state index in [-0.39, 0.29) is 5.91 Å². The topological polar surface area (TPSA) is 46.4 Å². The highest BCUT2D eigenvalue weighted by atomic mass is 79.9. The molecule has 1 amide bonds. The second kappa shape index (κ2) is 7.66. The van der Waals surface area contributed by atoms with Crippen LogP contribution in [0.5, 0.6) is 0 Å². The molecule has 2 aromatic carbocycles. The zero-order chi connectivity index (χ0) is 18.8. The monoisotopic (exact) mass is 483 g/mol. The van der Waals surface area contributed by atoms with Crippen molar-refractivity contribution in [3.63, 3.8) is 0 Å². The van der Waals surface area contributed by atoms with Gasteiger partial charge in [-0.05, 0) is 55.6 Å². The molecule has 27 heavy (non-hydrogen) atoms. The lowest BCUT2D eigenvalue weighted by Crippen LogP contribution is -2.14. The third-order valence-corrected chi connectivity index (χ3v) is 5.14. The predicted molar refractivity (Wildman–Crippen MR) is 115 cm³/mol. The summed E-state index contributed by atoms with van der Waals surface area (Å²) in [7, 11) is 0. The highest BCUT2D eigenvalue weighted by molar-refractivity contribution is 9.11. The fourth-order valence-electron chi connectivity index (χ4n) is 2.91. The summed E-state index contributed by atoms with van der Waals surface area (Å²) >= 11 is 7.03. The number of carbonyl (C=O) groups excluding carboxylic acids is 1. The highest BCUT2D eigenvalue weighted by Crippen LogP contribution is 2.27. The standard InChI is InChI=1S/C21H15Br2N3O/c22-16-11-18(23)21-25-19(13-26(21)12-16)15-7-4-8-17(10-15)24-20(27)9-14-5-2-1-3-6-14/h1-8,10-13H,9H2,(H,24,27). The van der Waals surface area contributed by atoms with E-state index in [4.69, 9.17) is 4.98 Å². The largest absolute Gasteiger partial charge is 0.326 e. The van der Waals surface area contributed by atoms with E-state index in [2.05, 4.69) is 37.2 Å². The van der Waals surface area contributed by atoms with Crippen molar-refractivity contribution in [2.75, 3.05) is 5.32 Å². The first-order chi connectivity index (χ1) is 13.1. The van der Waals surface area contributed by atoms with Gasteiger partial charge in [-0.25, -0.2) is 4.98 Å². The van der Waals surface area contributed by atoms with Gasteiger partial charge in [0.25, 0.3) is 0 Å². The number of nitrogens with one attached hydrogen (secondary N) is 1. The summed E-state index contributed by atoms with van der Waals surface area (Å²) in [4.78, 5) is 17.0. The zero-order valence-electron chi connectivity index (χ0n) is 14.2. The van der Waals surface area contributed by atoms with Crippen LogP contribution >= 0.6 is 31.9 Å². The van der Waals surface area contributed by atoms with Crippen molar-refractivity contribution in [1.29, 1.82) is 0 Å². The molecular formula is C21H15Br2N3O. The molecule has 6 heteroatoms. The molecule has 2 aromatic heterocycles. The molecular weight excluding hydrogens is 470 g/mol. The van der Waals surface area contributed by atoms with E-state index in [1.807, 2.05) is 77.5 Å². The quantitative estimate of drug-likeness (QED) is 0.403.